The number of carbonyl (C=O) groups excluding carboxylic acids is 1. The Hall–Kier alpha value is -2.29. The van der Waals surface area contributed by atoms with Gasteiger partial charge in [0.05, 0.1) is 21.3 Å². The fourth-order valence-electron chi connectivity index (χ4n) is 2.68. The van der Waals surface area contributed by atoms with Crippen LogP contribution in [0, 0.1) is 11.6 Å². The number of aromatic nitrogens is 2. The molecule has 0 unspecified atom stereocenters. The van der Waals surface area contributed by atoms with E-state index in [0.29, 0.717) is 0 Å². The fraction of sp³-hybridized carbons (Fsp3) is 0.111. The largest absolute Gasteiger partial charge is 0.291 e. The number of hydrogen-bond donors (Lipinski definition) is 0. The van der Waals surface area contributed by atoms with Gasteiger partial charge in [0.25, 0.3) is 0 Å². The van der Waals surface area contributed by atoms with Gasteiger partial charge in [-0.3, -0.25) is 9.48 Å². The number of rotatable bonds is 5. The second-order valence-electron chi connectivity index (χ2n) is 5.87. The summed E-state index contributed by atoms with van der Waals surface area (Å²) in [5.41, 5.74) is -0.632. The topological polar surface area (TPSA) is 69.0 Å². The van der Waals surface area contributed by atoms with Crippen LogP contribution in [0.1, 0.15) is 10.5 Å². The van der Waals surface area contributed by atoms with Crippen molar-refractivity contribution in [2.45, 2.75) is 4.90 Å². The molecule has 0 radical (unpaired) electrons. The minimum Gasteiger partial charge on any atom is -0.291 e. The van der Waals surface area contributed by atoms with Gasteiger partial charge in [0, 0.05) is 7.05 Å². The van der Waals surface area contributed by atoms with Gasteiger partial charge in [-0.25, -0.2) is 17.2 Å². The van der Waals surface area contributed by atoms with Gasteiger partial charge in [0.2, 0.25) is 0 Å². The van der Waals surface area contributed by atoms with E-state index in [0.717, 1.165) is 22.9 Å². The highest BCUT2D eigenvalue weighted by Gasteiger charge is 2.27. The quantitative estimate of drug-likeness (QED) is 0.549. The number of benzene rings is 2. The lowest BCUT2D eigenvalue weighted by molar-refractivity contribution is 0.101. The standard InChI is InChI=1S/C18H12Cl2F2N2O3S/c1-24-15(17-12(21)6-3-7-13(17)22)8-14(23-24)16(25)9-28(26,27)18-10(19)4-2-5-11(18)20/h2-8H,9H2,1H3. The average Bonchev–Trinajstić information content (AvgIpc) is 2.96. The van der Waals surface area contributed by atoms with Gasteiger partial charge in [-0.05, 0) is 30.3 Å². The summed E-state index contributed by atoms with van der Waals surface area (Å²) in [6.45, 7) is 0. The van der Waals surface area contributed by atoms with Crippen molar-refractivity contribution in [1.29, 1.82) is 0 Å². The van der Waals surface area contributed by atoms with Crippen molar-refractivity contribution in [3.63, 3.8) is 0 Å². The summed E-state index contributed by atoms with van der Waals surface area (Å²) < 4.78 is 54.3. The van der Waals surface area contributed by atoms with Crippen LogP contribution < -0.4 is 0 Å². The summed E-state index contributed by atoms with van der Waals surface area (Å²) in [5.74, 6) is -3.49. The fourth-order valence-corrected chi connectivity index (χ4v) is 5.15. The van der Waals surface area contributed by atoms with E-state index in [-0.39, 0.29) is 31.9 Å². The van der Waals surface area contributed by atoms with Crippen molar-refractivity contribution in [1.82, 2.24) is 9.78 Å². The molecule has 10 heteroatoms. The molecule has 1 heterocycles. The molecular formula is C18H12Cl2F2N2O3S. The summed E-state index contributed by atoms with van der Waals surface area (Å²) >= 11 is 11.8. The first-order valence-corrected chi connectivity index (χ1v) is 10.2. The Morgan fingerprint density at radius 3 is 2.18 bits per heavy atom. The van der Waals surface area contributed by atoms with Crippen molar-refractivity contribution in [3.8, 4) is 11.3 Å². The van der Waals surface area contributed by atoms with E-state index in [9.17, 15) is 22.0 Å². The lowest BCUT2D eigenvalue weighted by Crippen LogP contribution is -2.18. The Bertz CT molecular complexity index is 1150. The number of Topliss-reactive ketones (excluding diaryl/α,β-unsaturated/α-hetero) is 1. The summed E-state index contributed by atoms with van der Waals surface area (Å²) in [5, 5.41) is 3.66. The van der Waals surface area contributed by atoms with Gasteiger partial charge in [0.15, 0.2) is 15.6 Å². The first-order chi connectivity index (χ1) is 13.1. The van der Waals surface area contributed by atoms with Crippen molar-refractivity contribution in [2.24, 2.45) is 7.05 Å². The van der Waals surface area contributed by atoms with Crippen LogP contribution in [0.5, 0.6) is 0 Å². The van der Waals surface area contributed by atoms with Crippen LogP contribution in [0.3, 0.4) is 0 Å². The molecule has 146 valence electrons. The third kappa shape index (κ3) is 3.80. The number of ketones is 1. The van der Waals surface area contributed by atoms with Crippen LogP contribution in [0.4, 0.5) is 8.78 Å². The Balaban J connectivity index is 1.97. The minimum absolute atomic E-state index is 0.00729. The molecule has 0 N–H and O–H groups in total. The molecule has 1 aromatic heterocycles. The molecule has 0 bridgehead atoms. The molecule has 2 aromatic carbocycles. The predicted molar refractivity (Wildman–Crippen MR) is 101 cm³/mol. The average molecular weight is 445 g/mol. The maximum Gasteiger partial charge on any atom is 0.198 e. The maximum absolute atomic E-state index is 14.0. The van der Waals surface area contributed by atoms with E-state index < -0.39 is 33.0 Å². The predicted octanol–water partition coefficient (Wildman–Crippen LogP) is 4.33. The van der Waals surface area contributed by atoms with E-state index in [1.807, 2.05) is 0 Å². The molecule has 0 saturated heterocycles. The number of sulfone groups is 1. The smallest absolute Gasteiger partial charge is 0.198 e. The SMILES string of the molecule is Cn1nc(C(=O)CS(=O)(=O)c2c(Cl)cccc2Cl)cc1-c1c(F)cccc1F. The van der Waals surface area contributed by atoms with E-state index in [2.05, 4.69) is 5.10 Å². The molecule has 0 amide bonds. The van der Waals surface area contributed by atoms with Crippen LogP contribution in [-0.2, 0) is 16.9 Å². The van der Waals surface area contributed by atoms with Crippen LogP contribution in [0.25, 0.3) is 11.3 Å². The maximum atomic E-state index is 14.0. The second-order valence-corrected chi connectivity index (χ2v) is 8.61. The molecule has 0 saturated carbocycles. The lowest BCUT2D eigenvalue weighted by Gasteiger charge is -2.07. The summed E-state index contributed by atoms with van der Waals surface area (Å²) in [7, 11) is -2.78. The van der Waals surface area contributed by atoms with Crippen LogP contribution >= 0.6 is 23.2 Å². The summed E-state index contributed by atoms with van der Waals surface area (Å²) in [4.78, 5) is 12.1. The van der Waals surface area contributed by atoms with Crippen molar-refractivity contribution < 1.29 is 22.0 Å². The third-order valence-corrected chi connectivity index (χ3v) is 6.49. The van der Waals surface area contributed by atoms with Gasteiger partial charge in [-0.2, -0.15) is 5.10 Å². The molecule has 0 spiro atoms. The van der Waals surface area contributed by atoms with E-state index >= 15 is 0 Å². The van der Waals surface area contributed by atoms with Gasteiger partial charge in [0.1, 0.15) is 28.0 Å². The van der Waals surface area contributed by atoms with Gasteiger partial charge < -0.3 is 0 Å². The molecule has 0 aliphatic heterocycles. The molecule has 0 aliphatic rings. The first kappa shape index (κ1) is 20.4. The Morgan fingerprint density at radius 1 is 1.07 bits per heavy atom. The summed E-state index contributed by atoms with van der Waals surface area (Å²) in [6.07, 6.45) is 0. The van der Waals surface area contributed by atoms with E-state index in [1.165, 1.54) is 31.3 Å². The number of halogens is 4. The van der Waals surface area contributed by atoms with Crippen molar-refractivity contribution >= 4 is 38.8 Å². The van der Waals surface area contributed by atoms with Crippen LogP contribution in [0.15, 0.2) is 47.4 Å². The Morgan fingerprint density at radius 2 is 1.61 bits per heavy atom. The van der Waals surface area contributed by atoms with Gasteiger partial charge in [-0.15, -0.1) is 0 Å². The number of nitrogens with zero attached hydrogens (tertiary/aromatic N) is 2. The second kappa shape index (κ2) is 7.62. The van der Waals surface area contributed by atoms with E-state index in [4.69, 9.17) is 23.2 Å². The third-order valence-electron chi connectivity index (χ3n) is 3.94. The molecule has 28 heavy (non-hydrogen) atoms. The zero-order valence-electron chi connectivity index (χ0n) is 14.3. The van der Waals surface area contributed by atoms with Crippen LogP contribution in [0.2, 0.25) is 10.0 Å². The molecule has 0 fully saturated rings. The number of carbonyl (C=O) groups is 1. The molecule has 5 nitrogen and oxygen atoms in total. The summed E-state index contributed by atoms with van der Waals surface area (Å²) in [6, 6.07) is 8.62. The Labute approximate surface area is 169 Å². The van der Waals surface area contributed by atoms with Crippen LogP contribution in [-0.4, -0.2) is 29.7 Å². The normalized spacial score (nSPS) is 11.6. The van der Waals surface area contributed by atoms with Gasteiger partial charge >= 0.3 is 0 Å². The molecular weight excluding hydrogens is 433 g/mol. The van der Waals surface area contributed by atoms with E-state index in [1.54, 1.807) is 0 Å². The lowest BCUT2D eigenvalue weighted by atomic mass is 10.1. The number of aryl methyl sites for hydroxylation is 1. The monoisotopic (exact) mass is 444 g/mol. The van der Waals surface area contributed by atoms with Gasteiger partial charge in [-0.1, -0.05) is 35.3 Å². The molecule has 0 atom stereocenters. The highest BCUT2D eigenvalue weighted by molar-refractivity contribution is 7.92. The molecule has 3 aromatic rings. The first-order valence-electron chi connectivity index (χ1n) is 7.80. The van der Waals surface area contributed by atoms with Crippen molar-refractivity contribution in [2.75, 3.05) is 5.75 Å². The zero-order chi connectivity index (χ0) is 20.6. The Kier molecular flexibility index (Phi) is 5.56. The minimum atomic E-state index is -4.16. The zero-order valence-corrected chi connectivity index (χ0v) is 16.6. The number of hydrogen-bond acceptors (Lipinski definition) is 4. The molecule has 0 aliphatic carbocycles. The highest BCUT2D eigenvalue weighted by Crippen LogP contribution is 2.31. The van der Waals surface area contributed by atoms with Crippen molar-refractivity contribution in [3.05, 3.63) is 69.8 Å². The molecule has 3 rings (SSSR count). The highest BCUT2D eigenvalue weighted by atomic mass is 35.5.